The van der Waals surface area contributed by atoms with Crippen molar-refractivity contribution in [1.82, 2.24) is 0 Å². The Balaban J connectivity index is 0. The molecule has 0 radical (unpaired) electrons. The standard InChI is InChI=1S/C4H8F3NO.ClH/c1-9-3(2-8)4(5,6)7;/h3H,2,8H2,1H3;1H/t3-;/m0./s1. The van der Waals surface area contributed by atoms with E-state index in [1.165, 1.54) is 0 Å². The van der Waals surface area contributed by atoms with Crippen LogP contribution in [-0.4, -0.2) is 25.9 Å². The zero-order chi connectivity index (χ0) is 7.49. The van der Waals surface area contributed by atoms with Gasteiger partial charge in [0.1, 0.15) is 0 Å². The van der Waals surface area contributed by atoms with Crippen LogP contribution in [0.3, 0.4) is 0 Å². The lowest BCUT2D eigenvalue weighted by Crippen LogP contribution is -2.37. The molecule has 0 aliphatic rings. The number of halogens is 4. The number of nitrogens with two attached hydrogens (primary N) is 1. The van der Waals surface area contributed by atoms with E-state index in [1.807, 2.05) is 0 Å². The zero-order valence-corrected chi connectivity index (χ0v) is 6.13. The highest BCUT2D eigenvalue weighted by atomic mass is 35.5. The molecular formula is C4H9ClF3NO. The van der Waals surface area contributed by atoms with Gasteiger partial charge in [0, 0.05) is 13.7 Å². The Morgan fingerprint density at radius 1 is 1.50 bits per heavy atom. The lowest BCUT2D eigenvalue weighted by molar-refractivity contribution is -0.208. The summed E-state index contributed by atoms with van der Waals surface area (Å²) in [5, 5.41) is 0. The minimum Gasteiger partial charge on any atom is -0.371 e. The number of rotatable bonds is 2. The van der Waals surface area contributed by atoms with E-state index in [1.54, 1.807) is 0 Å². The Morgan fingerprint density at radius 2 is 1.90 bits per heavy atom. The third-order valence-electron chi connectivity index (χ3n) is 0.864. The Morgan fingerprint density at radius 3 is 1.90 bits per heavy atom. The summed E-state index contributed by atoms with van der Waals surface area (Å²) in [7, 11) is 0.977. The molecule has 6 heteroatoms. The molecule has 0 bridgehead atoms. The largest absolute Gasteiger partial charge is 0.415 e. The maximum atomic E-state index is 11.5. The number of hydrogen-bond donors (Lipinski definition) is 1. The minimum absolute atomic E-state index is 0. The molecule has 0 saturated carbocycles. The average molecular weight is 180 g/mol. The SMILES string of the molecule is CO[C@@H](CN)C(F)(F)F.Cl. The smallest absolute Gasteiger partial charge is 0.371 e. The van der Waals surface area contributed by atoms with Gasteiger partial charge in [0.05, 0.1) is 0 Å². The molecule has 0 spiro atoms. The van der Waals surface area contributed by atoms with Crippen molar-refractivity contribution >= 4 is 12.4 Å². The molecule has 10 heavy (non-hydrogen) atoms. The summed E-state index contributed by atoms with van der Waals surface area (Å²) >= 11 is 0. The minimum atomic E-state index is -4.33. The molecule has 0 saturated heterocycles. The van der Waals surface area contributed by atoms with E-state index in [2.05, 4.69) is 4.74 Å². The quantitative estimate of drug-likeness (QED) is 0.685. The first kappa shape index (κ1) is 12.7. The van der Waals surface area contributed by atoms with E-state index in [0.29, 0.717) is 0 Å². The van der Waals surface area contributed by atoms with Gasteiger partial charge in [0.25, 0.3) is 0 Å². The average Bonchev–Trinajstić information content (AvgIpc) is 1.65. The molecule has 2 nitrogen and oxygen atoms in total. The first-order valence-electron chi connectivity index (χ1n) is 2.32. The van der Waals surface area contributed by atoms with Crippen LogP contribution in [0.5, 0.6) is 0 Å². The van der Waals surface area contributed by atoms with Crippen LogP contribution in [0.2, 0.25) is 0 Å². The van der Waals surface area contributed by atoms with E-state index in [-0.39, 0.29) is 12.4 Å². The topological polar surface area (TPSA) is 35.2 Å². The van der Waals surface area contributed by atoms with Gasteiger partial charge in [-0.05, 0) is 0 Å². The van der Waals surface area contributed by atoms with Crippen LogP contribution in [0.4, 0.5) is 13.2 Å². The highest BCUT2D eigenvalue weighted by molar-refractivity contribution is 5.85. The molecule has 0 aliphatic heterocycles. The van der Waals surface area contributed by atoms with Gasteiger partial charge in [0.2, 0.25) is 0 Å². The van der Waals surface area contributed by atoms with E-state index < -0.39 is 18.8 Å². The van der Waals surface area contributed by atoms with Gasteiger partial charge in [-0.25, -0.2) is 0 Å². The van der Waals surface area contributed by atoms with Crippen LogP contribution in [0.1, 0.15) is 0 Å². The van der Waals surface area contributed by atoms with Crippen molar-refractivity contribution < 1.29 is 17.9 Å². The number of ether oxygens (including phenoxy) is 1. The second-order valence-corrected chi connectivity index (χ2v) is 1.50. The molecular weight excluding hydrogens is 170 g/mol. The number of hydrogen-bond acceptors (Lipinski definition) is 2. The summed E-state index contributed by atoms with van der Waals surface area (Å²) < 4.78 is 38.6. The van der Waals surface area contributed by atoms with Gasteiger partial charge in [-0.2, -0.15) is 13.2 Å². The molecule has 0 aromatic heterocycles. The van der Waals surface area contributed by atoms with Gasteiger partial charge >= 0.3 is 6.18 Å². The Bertz CT molecular complexity index is 83.1. The van der Waals surface area contributed by atoms with Crippen molar-refractivity contribution in [1.29, 1.82) is 0 Å². The molecule has 0 aliphatic carbocycles. The van der Waals surface area contributed by atoms with Crippen LogP contribution in [-0.2, 0) is 4.74 Å². The predicted molar refractivity (Wildman–Crippen MR) is 33.2 cm³/mol. The second-order valence-electron chi connectivity index (χ2n) is 1.50. The van der Waals surface area contributed by atoms with Crippen molar-refractivity contribution in [3.8, 4) is 0 Å². The summed E-state index contributed by atoms with van der Waals surface area (Å²) in [4.78, 5) is 0. The van der Waals surface area contributed by atoms with Crippen LogP contribution >= 0.6 is 12.4 Å². The fraction of sp³-hybridized carbons (Fsp3) is 1.00. The molecule has 0 fully saturated rings. The number of methoxy groups -OCH3 is 1. The molecule has 0 amide bonds. The van der Waals surface area contributed by atoms with Gasteiger partial charge in [-0.15, -0.1) is 12.4 Å². The molecule has 0 heterocycles. The summed E-state index contributed by atoms with van der Waals surface area (Å²) in [6, 6.07) is 0. The maximum Gasteiger partial charge on any atom is 0.415 e. The fourth-order valence-corrected chi connectivity index (χ4v) is 0.363. The monoisotopic (exact) mass is 179 g/mol. The number of alkyl halides is 3. The second kappa shape index (κ2) is 4.76. The highest BCUT2D eigenvalue weighted by Gasteiger charge is 2.38. The Kier molecular flexibility index (Phi) is 6.02. The lowest BCUT2D eigenvalue weighted by Gasteiger charge is -2.15. The normalized spacial score (nSPS) is 14.1. The highest BCUT2D eigenvalue weighted by Crippen LogP contribution is 2.20. The molecule has 2 N–H and O–H groups in total. The fourth-order valence-electron chi connectivity index (χ4n) is 0.363. The van der Waals surface area contributed by atoms with Crippen molar-refractivity contribution in [2.75, 3.05) is 13.7 Å². The molecule has 64 valence electrons. The van der Waals surface area contributed by atoms with Crippen molar-refractivity contribution in [2.45, 2.75) is 12.3 Å². The van der Waals surface area contributed by atoms with E-state index in [4.69, 9.17) is 5.73 Å². The van der Waals surface area contributed by atoms with Crippen molar-refractivity contribution in [2.24, 2.45) is 5.73 Å². The summed E-state index contributed by atoms with van der Waals surface area (Å²) in [5.74, 6) is 0. The van der Waals surface area contributed by atoms with Crippen molar-refractivity contribution in [3.05, 3.63) is 0 Å². The molecule has 0 aromatic carbocycles. The summed E-state index contributed by atoms with van der Waals surface area (Å²) in [6.45, 7) is -0.528. The first-order valence-corrected chi connectivity index (χ1v) is 2.32. The zero-order valence-electron chi connectivity index (χ0n) is 5.31. The molecule has 0 unspecified atom stereocenters. The van der Waals surface area contributed by atoms with Gasteiger partial charge in [-0.1, -0.05) is 0 Å². The third kappa shape index (κ3) is 3.92. The first-order chi connectivity index (χ1) is 4.02. The van der Waals surface area contributed by atoms with Gasteiger partial charge < -0.3 is 10.5 Å². The van der Waals surface area contributed by atoms with Crippen LogP contribution in [0.15, 0.2) is 0 Å². The molecule has 0 aromatic rings. The summed E-state index contributed by atoms with van der Waals surface area (Å²) in [6.07, 6.45) is -6.15. The van der Waals surface area contributed by atoms with E-state index in [0.717, 1.165) is 7.11 Å². The summed E-state index contributed by atoms with van der Waals surface area (Å²) in [5.41, 5.74) is 4.72. The Hall–Kier alpha value is -0.0000000000000000555. The molecule has 1 atom stereocenters. The predicted octanol–water partition coefficient (Wildman–Crippen LogP) is 0.944. The van der Waals surface area contributed by atoms with Gasteiger partial charge in [-0.3, -0.25) is 0 Å². The van der Waals surface area contributed by atoms with Crippen LogP contribution in [0.25, 0.3) is 0 Å². The third-order valence-corrected chi connectivity index (χ3v) is 0.864. The van der Waals surface area contributed by atoms with Gasteiger partial charge in [0.15, 0.2) is 6.10 Å². The van der Waals surface area contributed by atoms with Crippen LogP contribution in [0, 0.1) is 0 Å². The molecule has 0 rings (SSSR count). The van der Waals surface area contributed by atoms with Crippen LogP contribution < -0.4 is 5.73 Å². The van der Waals surface area contributed by atoms with Crippen molar-refractivity contribution in [3.63, 3.8) is 0 Å². The van der Waals surface area contributed by atoms with E-state index in [9.17, 15) is 13.2 Å². The maximum absolute atomic E-state index is 11.5. The lowest BCUT2D eigenvalue weighted by atomic mass is 10.3. The Labute approximate surface area is 62.9 Å². The van der Waals surface area contributed by atoms with E-state index >= 15 is 0 Å².